The molecule has 0 aliphatic rings. The van der Waals surface area contributed by atoms with Crippen LogP contribution in [-0.4, -0.2) is 15.0 Å². The maximum absolute atomic E-state index is 4.75. The van der Waals surface area contributed by atoms with Gasteiger partial charge in [0.2, 0.25) is 0 Å². The smallest absolute Gasteiger partial charge is 0.0702 e. The third-order valence-electron chi connectivity index (χ3n) is 9.90. The van der Waals surface area contributed by atoms with Crippen molar-refractivity contribution in [1.29, 1.82) is 0 Å². The van der Waals surface area contributed by atoms with Crippen LogP contribution in [0.5, 0.6) is 0 Å². The molecule has 50 heavy (non-hydrogen) atoms. The third kappa shape index (κ3) is 5.19. The molecule has 0 atom stereocenters. The Morgan fingerprint density at radius 1 is 0.380 bits per heavy atom. The number of aromatic nitrogens is 3. The first-order valence-electron chi connectivity index (χ1n) is 17.2. The second kappa shape index (κ2) is 11.7. The highest BCUT2D eigenvalue weighted by Crippen LogP contribution is 2.46. The van der Waals surface area contributed by atoms with E-state index in [0.717, 1.165) is 39.3 Å². The summed E-state index contributed by atoms with van der Waals surface area (Å²) in [7, 11) is 0. The van der Waals surface area contributed by atoms with Gasteiger partial charge in [-0.25, -0.2) is 0 Å². The minimum Gasteiger partial charge on any atom is -0.256 e. The van der Waals surface area contributed by atoms with Gasteiger partial charge in [-0.2, -0.15) is 0 Å². The minimum absolute atomic E-state index is 0.0456. The quantitative estimate of drug-likeness (QED) is 0.176. The van der Waals surface area contributed by atoms with Gasteiger partial charge in [0.15, 0.2) is 0 Å². The van der Waals surface area contributed by atoms with Gasteiger partial charge in [0.25, 0.3) is 0 Å². The molecule has 0 amide bonds. The zero-order valence-electron chi connectivity index (χ0n) is 28.4. The summed E-state index contributed by atoms with van der Waals surface area (Å²) in [6, 6.07) is 50.3. The van der Waals surface area contributed by atoms with E-state index >= 15 is 0 Å². The molecule has 0 unspecified atom stereocenters. The first kappa shape index (κ1) is 29.9. The minimum atomic E-state index is 0.0456. The molecule has 0 radical (unpaired) electrons. The van der Waals surface area contributed by atoms with Crippen LogP contribution in [0.25, 0.3) is 88.3 Å². The van der Waals surface area contributed by atoms with Gasteiger partial charge >= 0.3 is 0 Å². The molecule has 0 bridgehead atoms. The summed E-state index contributed by atoms with van der Waals surface area (Å²) in [6.07, 6.45) is 5.56. The molecule has 0 saturated carbocycles. The average molecular weight is 642 g/mol. The van der Waals surface area contributed by atoms with Crippen molar-refractivity contribution in [3.8, 4) is 56.0 Å². The summed E-state index contributed by atoms with van der Waals surface area (Å²) in [5, 5.41) is 7.64. The number of rotatable bonds is 5. The van der Waals surface area contributed by atoms with E-state index in [0.29, 0.717) is 0 Å². The Balaban J connectivity index is 1.35. The summed E-state index contributed by atoms with van der Waals surface area (Å²) in [5.41, 5.74) is 12.1. The van der Waals surface area contributed by atoms with Crippen molar-refractivity contribution in [3.63, 3.8) is 0 Å². The molecule has 0 N–H and O–H groups in total. The molecule has 9 rings (SSSR count). The van der Waals surface area contributed by atoms with Crippen LogP contribution in [0.1, 0.15) is 26.3 Å². The number of hydrogen-bond donors (Lipinski definition) is 0. The fraction of sp³-hybridized carbons (Fsp3) is 0.0851. The molecule has 3 nitrogen and oxygen atoms in total. The Kier molecular flexibility index (Phi) is 7.03. The predicted molar refractivity (Wildman–Crippen MR) is 209 cm³/mol. The molecule has 6 aromatic carbocycles. The first-order valence-corrected chi connectivity index (χ1v) is 17.2. The normalized spacial score (nSPS) is 11.9. The Bertz CT molecular complexity index is 2560. The van der Waals surface area contributed by atoms with Gasteiger partial charge in [0.05, 0.1) is 17.1 Å². The second-order valence-corrected chi connectivity index (χ2v) is 14.1. The van der Waals surface area contributed by atoms with Gasteiger partial charge in [-0.3, -0.25) is 15.0 Å². The summed E-state index contributed by atoms with van der Waals surface area (Å²) in [4.78, 5) is 14.1. The molecule has 3 heterocycles. The van der Waals surface area contributed by atoms with E-state index < -0.39 is 0 Å². The van der Waals surface area contributed by atoms with E-state index in [1.165, 1.54) is 54.6 Å². The number of pyridine rings is 3. The summed E-state index contributed by atoms with van der Waals surface area (Å²) in [6.45, 7) is 6.87. The van der Waals surface area contributed by atoms with E-state index in [1.807, 2.05) is 55.0 Å². The highest BCUT2D eigenvalue weighted by Gasteiger charge is 2.21. The van der Waals surface area contributed by atoms with E-state index in [2.05, 4.69) is 129 Å². The molecule has 0 aliphatic heterocycles. The van der Waals surface area contributed by atoms with Gasteiger partial charge < -0.3 is 0 Å². The van der Waals surface area contributed by atoms with Gasteiger partial charge in [0, 0.05) is 35.3 Å². The highest BCUT2D eigenvalue weighted by atomic mass is 14.7. The van der Waals surface area contributed by atoms with Crippen molar-refractivity contribution in [1.82, 2.24) is 15.0 Å². The molecule has 0 saturated heterocycles. The Hall–Kier alpha value is -6.19. The summed E-state index contributed by atoms with van der Waals surface area (Å²) in [5.74, 6) is 0. The molecule has 3 aromatic heterocycles. The lowest BCUT2D eigenvalue weighted by atomic mass is 9.81. The Morgan fingerprint density at radius 3 is 1.32 bits per heavy atom. The summed E-state index contributed by atoms with van der Waals surface area (Å²) >= 11 is 0. The molecule has 0 fully saturated rings. The standard InChI is InChI=1S/C47H35N3/c1-47(2,3)37-27-32-17-19-38-40(30-13-15-31(16-14-30)42-10-4-7-21-48-42)29-41(39-20-18-33(28-37)45(32)46(38)39)34-24-35(43-11-5-8-22-49-43)26-36(25-34)44-12-6-9-23-50-44/h4-29H,1-3H3. The number of hydrogen-bond acceptors (Lipinski definition) is 3. The van der Waals surface area contributed by atoms with Crippen molar-refractivity contribution < 1.29 is 0 Å². The van der Waals surface area contributed by atoms with Crippen molar-refractivity contribution >= 4 is 32.3 Å². The largest absolute Gasteiger partial charge is 0.256 e. The average Bonchev–Trinajstić information content (AvgIpc) is 3.17. The molecule has 0 spiro atoms. The monoisotopic (exact) mass is 641 g/mol. The van der Waals surface area contributed by atoms with Gasteiger partial charge in [-0.15, -0.1) is 0 Å². The molecular formula is C47H35N3. The lowest BCUT2D eigenvalue weighted by molar-refractivity contribution is 0.591. The fourth-order valence-electron chi connectivity index (χ4n) is 7.33. The van der Waals surface area contributed by atoms with Gasteiger partial charge in [-0.1, -0.05) is 99.6 Å². The van der Waals surface area contributed by atoms with E-state index in [1.54, 1.807) is 0 Å². The molecule has 0 aliphatic carbocycles. The lowest BCUT2D eigenvalue weighted by Crippen LogP contribution is -2.10. The van der Waals surface area contributed by atoms with Crippen LogP contribution in [0.15, 0.2) is 158 Å². The first-order chi connectivity index (χ1) is 24.4. The third-order valence-corrected chi connectivity index (χ3v) is 9.90. The molecule has 9 aromatic rings. The topological polar surface area (TPSA) is 38.7 Å². The lowest BCUT2D eigenvalue weighted by Gasteiger charge is -2.23. The molecule has 238 valence electrons. The van der Waals surface area contributed by atoms with Crippen molar-refractivity contribution in [2.24, 2.45) is 0 Å². The van der Waals surface area contributed by atoms with Gasteiger partial charge in [0.1, 0.15) is 0 Å². The van der Waals surface area contributed by atoms with E-state index in [9.17, 15) is 0 Å². The van der Waals surface area contributed by atoms with Crippen molar-refractivity contribution in [2.45, 2.75) is 26.2 Å². The second-order valence-electron chi connectivity index (χ2n) is 14.1. The zero-order chi connectivity index (χ0) is 33.8. The molecular weight excluding hydrogens is 607 g/mol. The van der Waals surface area contributed by atoms with Crippen molar-refractivity contribution in [3.05, 3.63) is 164 Å². The van der Waals surface area contributed by atoms with Crippen LogP contribution in [0.2, 0.25) is 0 Å². The Morgan fingerprint density at radius 2 is 0.840 bits per heavy atom. The number of nitrogens with zero attached hydrogens (tertiary/aromatic N) is 3. The fourth-order valence-corrected chi connectivity index (χ4v) is 7.33. The molecule has 3 heteroatoms. The SMILES string of the molecule is CC(C)(C)c1cc2ccc3c(-c4ccc(-c5ccccn5)cc4)cc(-c4cc(-c5ccccn5)cc(-c5ccccn5)c4)c4ccc(c1)c2c34. The van der Waals surface area contributed by atoms with Gasteiger partial charge in [-0.05, 0) is 126 Å². The zero-order valence-corrected chi connectivity index (χ0v) is 28.4. The maximum atomic E-state index is 4.75. The predicted octanol–water partition coefficient (Wildman–Crippen LogP) is 12.4. The van der Waals surface area contributed by atoms with Crippen LogP contribution in [0.3, 0.4) is 0 Å². The number of benzene rings is 6. The van der Waals surface area contributed by atoms with Crippen LogP contribution in [0.4, 0.5) is 0 Å². The van der Waals surface area contributed by atoms with Crippen LogP contribution >= 0.6 is 0 Å². The highest BCUT2D eigenvalue weighted by molar-refractivity contribution is 6.28. The summed E-state index contributed by atoms with van der Waals surface area (Å²) < 4.78 is 0. The maximum Gasteiger partial charge on any atom is 0.0702 e. The van der Waals surface area contributed by atoms with E-state index in [4.69, 9.17) is 9.97 Å². The van der Waals surface area contributed by atoms with Crippen LogP contribution < -0.4 is 0 Å². The van der Waals surface area contributed by atoms with Crippen LogP contribution in [0, 0.1) is 0 Å². The van der Waals surface area contributed by atoms with Crippen molar-refractivity contribution in [2.75, 3.05) is 0 Å². The van der Waals surface area contributed by atoms with Crippen LogP contribution in [-0.2, 0) is 5.41 Å². The van der Waals surface area contributed by atoms with E-state index in [-0.39, 0.29) is 5.41 Å². The Labute approximate surface area is 292 Å².